The Kier molecular flexibility index (Phi) is 3.52. The summed E-state index contributed by atoms with van der Waals surface area (Å²) in [5.41, 5.74) is 2.39. The fourth-order valence-electron chi connectivity index (χ4n) is 2.08. The number of hydrogen-bond acceptors (Lipinski definition) is 1. The summed E-state index contributed by atoms with van der Waals surface area (Å²) in [7, 11) is 2.01. The molecule has 1 heterocycles. The van der Waals surface area contributed by atoms with Crippen molar-refractivity contribution in [2.24, 2.45) is 7.05 Å². The number of fused-ring (bicyclic) bond motifs is 1. The summed E-state index contributed by atoms with van der Waals surface area (Å²) >= 11 is 3.46. The van der Waals surface area contributed by atoms with Crippen LogP contribution in [0.2, 0.25) is 0 Å². The molecule has 17 heavy (non-hydrogen) atoms. The van der Waals surface area contributed by atoms with Crippen LogP contribution in [0.15, 0.2) is 28.9 Å². The van der Waals surface area contributed by atoms with Crippen molar-refractivity contribution in [3.63, 3.8) is 0 Å². The Hall–Kier alpha value is -1.29. The number of carbonyl (C=O) groups is 1. The number of carboxylic acids is 1. The molecule has 0 fully saturated rings. The monoisotopic (exact) mass is 295 g/mol. The SMILES string of the molecule is Cn1cc(CCCC(=O)O)c2cc(Br)ccc21. The largest absolute Gasteiger partial charge is 0.481 e. The van der Waals surface area contributed by atoms with Crippen molar-refractivity contribution in [3.8, 4) is 0 Å². The molecule has 0 saturated heterocycles. The summed E-state index contributed by atoms with van der Waals surface area (Å²) in [5.74, 6) is -0.730. The molecule has 90 valence electrons. The molecular formula is C13H14BrNO2. The first-order valence-corrected chi connectivity index (χ1v) is 6.32. The van der Waals surface area contributed by atoms with E-state index in [1.165, 1.54) is 16.5 Å². The van der Waals surface area contributed by atoms with Crippen LogP contribution in [-0.2, 0) is 18.3 Å². The molecule has 3 nitrogen and oxygen atoms in total. The van der Waals surface area contributed by atoms with Crippen molar-refractivity contribution in [3.05, 3.63) is 34.4 Å². The predicted molar refractivity (Wildman–Crippen MR) is 71.2 cm³/mol. The van der Waals surface area contributed by atoms with Crippen LogP contribution >= 0.6 is 15.9 Å². The topological polar surface area (TPSA) is 42.2 Å². The van der Waals surface area contributed by atoms with Gasteiger partial charge in [0.05, 0.1) is 0 Å². The molecule has 1 N–H and O–H groups in total. The fraction of sp³-hybridized carbons (Fsp3) is 0.308. The number of aliphatic carboxylic acids is 1. The van der Waals surface area contributed by atoms with Crippen LogP contribution in [0.25, 0.3) is 10.9 Å². The molecular weight excluding hydrogens is 282 g/mol. The highest BCUT2D eigenvalue weighted by molar-refractivity contribution is 9.10. The van der Waals surface area contributed by atoms with E-state index in [4.69, 9.17) is 5.11 Å². The first-order valence-electron chi connectivity index (χ1n) is 5.53. The van der Waals surface area contributed by atoms with E-state index < -0.39 is 5.97 Å². The van der Waals surface area contributed by atoms with Crippen molar-refractivity contribution in [1.29, 1.82) is 0 Å². The minimum absolute atomic E-state index is 0.227. The van der Waals surface area contributed by atoms with Crippen LogP contribution in [-0.4, -0.2) is 15.6 Å². The smallest absolute Gasteiger partial charge is 0.303 e. The van der Waals surface area contributed by atoms with Gasteiger partial charge < -0.3 is 9.67 Å². The number of benzene rings is 1. The molecule has 0 aliphatic carbocycles. The number of aryl methyl sites for hydroxylation is 2. The summed E-state index contributed by atoms with van der Waals surface area (Å²) in [4.78, 5) is 10.5. The molecule has 0 unspecified atom stereocenters. The third kappa shape index (κ3) is 2.69. The third-order valence-corrected chi connectivity index (χ3v) is 3.36. The van der Waals surface area contributed by atoms with Gasteiger partial charge in [0.1, 0.15) is 0 Å². The normalized spacial score (nSPS) is 10.9. The molecule has 0 aliphatic rings. The molecule has 2 aromatic rings. The zero-order valence-electron chi connectivity index (χ0n) is 9.61. The lowest BCUT2D eigenvalue weighted by Gasteiger charge is -1.98. The average Bonchev–Trinajstić information content (AvgIpc) is 2.55. The minimum atomic E-state index is -0.730. The number of carboxylic acid groups (broad SMARTS) is 1. The molecule has 1 aromatic heterocycles. The van der Waals surface area contributed by atoms with Crippen LogP contribution in [0.5, 0.6) is 0 Å². The van der Waals surface area contributed by atoms with Crippen molar-refractivity contribution in [2.45, 2.75) is 19.3 Å². The highest BCUT2D eigenvalue weighted by Gasteiger charge is 2.07. The second kappa shape index (κ2) is 4.92. The maximum atomic E-state index is 10.5. The number of rotatable bonds is 4. The Morgan fingerprint density at radius 3 is 2.94 bits per heavy atom. The van der Waals surface area contributed by atoms with Gasteiger partial charge >= 0.3 is 5.97 Å². The van der Waals surface area contributed by atoms with E-state index in [0.29, 0.717) is 6.42 Å². The quantitative estimate of drug-likeness (QED) is 0.940. The highest BCUT2D eigenvalue weighted by Crippen LogP contribution is 2.25. The maximum absolute atomic E-state index is 10.5. The Bertz CT molecular complexity index is 560. The number of nitrogens with zero attached hydrogens (tertiary/aromatic N) is 1. The third-order valence-electron chi connectivity index (χ3n) is 2.87. The van der Waals surface area contributed by atoms with Crippen LogP contribution in [0, 0.1) is 0 Å². The summed E-state index contributed by atoms with van der Waals surface area (Å²) in [6.07, 6.45) is 3.80. The van der Waals surface area contributed by atoms with Gasteiger partial charge in [0, 0.05) is 35.0 Å². The van der Waals surface area contributed by atoms with Gasteiger partial charge in [-0.3, -0.25) is 4.79 Å². The van der Waals surface area contributed by atoms with E-state index in [-0.39, 0.29) is 6.42 Å². The lowest BCUT2D eigenvalue weighted by Crippen LogP contribution is -1.95. The number of aromatic nitrogens is 1. The second-order valence-electron chi connectivity index (χ2n) is 4.17. The summed E-state index contributed by atoms with van der Waals surface area (Å²) < 4.78 is 3.13. The number of halogens is 1. The number of hydrogen-bond donors (Lipinski definition) is 1. The van der Waals surface area contributed by atoms with E-state index in [1.54, 1.807) is 0 Å². The Balaban J connectivity index is 2.27. The Labute approximate surface area is 108 Å². The summed E-state index contributed by atoms with van der Waals surface area (Å²) in [6.45, 7) is 0. The lowest BCUT2D eigenvalue weighted by molar-refractivity contribution is -0.137. The van der Waals surface area contributed by atoms with Crippen molar-refractivity contribution in [1.82, 2.24) is 4.57 Å². The first-order chi connectivity index (χ1) is 8.08. The van der Waals surface area contributed by atoms with E-state index in [2.05, 4.69) is 38.8 Å². The molecule has 4 heteroatoms. The van der Waals surface area contributed by atoms with E-state index >= 15 is 0 Å². The molecule has 0 radical (unpaired) electrons. The highest BCUT2D eigenvalue weighted by atomic mass is 79.9. The van der Waals surface area contributed by atoms with Gasteiger partial charge in [-0.2, -0.15) is 0 Å². The van der Waals surface area contributed by atoms with Crippen molar-refractivity contribution < 1.29 is 9.90 Å². The lowest BCUT2D eigenvalue weighted by atomic mass is 10.1. The van der Waals surface area contributed by atoms with Gasteiger partial charge in [0.25, 0.3) is 0 Å². The molecule has 0 amide bonds. The zero-order valence-corrected chi connectivity index (χ0v) is 11.2. The van der Waals surface area contributed by atoms with Crippen LogP contribution < -0.4 is 0 Å². The van der Waals surface area contributed by atoms with Crippen LogP contribution in [0.3, 0.4) is 0 Å². The zero-order chi connectivity index (χ0) is 12.4. The molecule has 2 rings (SSSR count). The van der Waals surface area contributed by atoms with Gasteiger partial charge in [-0.1, -0.05) is 15.9 Å². The van der Waals surface area contributed by atoms with Crippen molar-refractivity contribution in [2.75, 3.05) is 0 Å². The Morgan fingerprint density at radius 1 is 1.47 bits per heavy atom. The molecule has 1 aromatic carbocycles. The van der Waals surface area contributed by atoms with Gasteiger partial charge in [0.2, 0.25) is 0 Å². The maximum Gasteiger partial charge on any atom is 0.303 e. The summed E-state index contributed by atoms with van der Waals surface area (Å²) in [6, 6.07) is 6.18. The van der Waals surface area contributed by atoms with Gasteiger partial charge in [0.15, 0.2) is 0 Å². The first kappa shape index (κ1) is 12.2. The average molecular weight is 296 g/mol. The molecule has 0 atom stereocenters. The molecule has 0 bridgehead atoms. The molecule has 0 spiro atoms. The van der Waals surface area contributed by atoms with Gasteiger partial charge in [-0.15, -0.1) is 0 Å². The van der Waals surface area contributed by atoms with E-state index in [1.807, 2.05) is 13.1 Å². The molecule has 0 aliphatic heterocycles. The second-order valence-corrected chi connectivity index (χ2v) is 5.09. The van der Waals surface area contributed by atoms with E-state index in [0.717, 1.165) is 10.9 Å². The fourth-order valence-corrected chi connectivity index (χ4v) is 2.44. The van der Waals surface area contributed by atoms with E-state index in [9.17, 15) is 4.79 Å². The van der Waals surface area contributed by atoms with Crippen LogP contribution in [0.4, 0.5) is 0 Å². The summed E-state index contributed by atoms with van der Waals surface area (Å²) in [5, 5.41) is 9.84. The van der Waals surface area contributed by atoms with Gasteiger partial charge in [-0.05, 0) is 36.6 Å². The van der Waals surface area contributed by atoms with Crippen molar-refractivity contribution >= 4 is 32.8 Å². The standard InChI is InChI=1S/C13H14BrNO2/c1-15-8-9(3-2-4-13(16)17)11-7-10(14)5-6-12(11)15/h5-8H,2-4H2,1H3,(H,16,17). The molecule has 0 saturated carbocycles. The Morgan fingerprint density at radius 2 is 2.24 bits per heavy atom. The predicted octanol–water partition coefficient (Wildman–Crippen LogP) is 3.35. The minimum Gasteiger partial charge on any atom is -0.481 e. The van der Waals surface area contributed by atoms with Crippen LogP contribution in [0.1, 0.15) is 18.4 Å². The van der Waals surface area contributed by atoms with Gasteiger partial charge in [-0.25, -0.2) is 0 Å².